The predicted octanol–water partition coefficient (Wildman–Crippen LogP) is 1.95. The molecule has 25 heavy (non-hydrogen) atoms. The number of hydrogen-bond acceptors (Lipinski definition) is 5. The van der Waals surface area contributed by atoms with Crippen LogP contribution in [0, 0.1) is 5.92 Å². The highest BCUT2D eigenvalue weighted by Gasteiger charge is 2.48. The maximum absolute atomic E-state index is 12.1. The fourth-order valence-corrected chi connectivity index (χ4v) is 6.97. The number of sulfone groups is 1. The van der Waals surface area contributed by atoms with Crippen molar-refractivity contribution in [2.24, 2.45) is 10.9 Å². The van der Waals surface area contributed by atoms with E-state index in [4.69, 9.17) is 4.74 Å². The van der Waals surface area contributed by atoms with Gasteiger partial charge in [0, 0.05) is 17.7 Å². The molecule has 0 spiro atoms. The van der Waals surface area contributed by atoms with Crippen LogP contribution in [0.15, 0.2) is 29.3 Å². The van der Waals surface area contributed by atoms with Crippen molar-refractivity contribution in [1.29, 1.82) is 0 Å². The van der Waals surface area contributed by atoms with Gasteiger partial charge in [-0.3, -0.25) is 4.79 Å². The van der Waals surface area contributed by atoms with Gasteiger partial charge in [0.25, 0.3) is 5.91 Å². The van der Waals surface area contributed by atoms with Crippen LogP contribution >= 0.6 is 11.8 Å². The van der Waals surface area contributed by atoms with Crippen LogP contribution in [0.3, 0.4) is 0 Å². The Hall–Kier alpha value is -1.54. The van der Waals surface area contributed by atoms with E-state index < -0.39 is 9.84 Å². The molecule has 2 heterocycles. The molecule has 3 rings (SSSR count). The fraction of sp³-hybridized carbons (Fsp3) is 0.529. The number of amidine groups is 1. The number of nitrogens with zero attached hydrogens (tertiary/aromatic N) is 2. The molecule has 6 nitrogen and oxygen atoms in total. The van der Waals surface area contributed by atoms with Crippen molar-refractivity contribution in [1.82, 2.24) is 4.90 Å². The van der Waals surface area contributed by atoms with Crippen LogP contribution in [-0.4, -0.2) is 54.3 Å². The third kappa shape index (κ3) is 4.00. The van der Waals surface area contributed by atoms with Crippen LogP contribution in [-0.2, 0) is 21.2 Å². The molecular weight excluding hydrogens is 360 g/mol. The number of amides is 1. The van der Waals surface area contributed by atoms with E-state index in [0.29, 0.717) is 11.7 Å². The Morgan fingerprint density at radius 3 is 2.84 bits per heavy atom. The number of fused-ring (bicyclic) bond motifs is 1. The first-order chi connectivity index (χ1) is 11.8. The van der Waals surface area contributed by atoms with Gasteiger partial charge in [0.05, 0.1) is 24.7 Å². The topological polar surface area (TPSA) is 76.0 Å². The summed E-state index contributed by atoms with van der Waals surface area (Å²) < 4.78 is 29.3. The quantitative estimate of drug-likeness (QED) is 0.792. The minimum absolute atomic E-state index is 0.0608. The Morgan fingerprint density at radius 2 is 2.16 bits per heavy atom. The summed E-state index contributed by atoms with van der Waals surface area (Å²) in [6.45, 7) is 4.12. The molecule has 0 aromatic heterocycles. The minimum Gasteiger partial charge on any atom is -0.497 e. The number of aliphatic imine (C=N–C) groups is 1. The zero-order valence-electron chi connectivity index (χ0n) is 14.5. The van der Waals surface area contributed by atoms with Crippen molar-refractivity contribution in [3.8, 4) is 5.75 Å². The first-order valence-corrected chi connectivity index (χ1v) is 10.9. The molecule has 2 unspecified atom stereocenters. The molecule has 0 saturated carbocycles. The summed E-state index contributed by atoms with van der Waals surface area (Å²) in [6, 6.07) is 7.51. The van der Waals surface area contributed by atoms with E-state index in [1.165, 1.54) is 11.8 Å². The normalized spacial score (nSPS) is 26.2. The second-order valence-corrected chi connectivity index (χ2v) is 10.0. The number of carbonyl (C=O) groups is 1. The summed E-state index contributed by atoms with van der Waals surface area (Å²) >= 11 is 1.41. The zero-order valence-corrected chi connectivity index (χ0v) is 16.1. The SMILES string of the molecule is COc1cccc(CN2C(=NC(=O)C(C)C)SC3CS(=O)(=O)CC32)c1. The summed E-state index contributed by atoms with van der Waals surface area (Å²) in [4.78, 5) is 18.3. The Morgan fingerprint density at radius 1 is 1.40 bits per heavy atom. The minimum atomic E-state index is -3.04. The lowest BCUT2D eigenvalue weighted by Crippen LogP contribution is -2.37. The second-order valence-electron chi connectivity index (χ2n) is 6.67. The molecule has 2 aliphatic rings. The van der Waals surface area contributed by atoms with Crippen LogP contribution in [0.2, 0.25) is 0 Å². The third-order valence-corrected chi connectivity index (χ3v) is 7.61. The smallest absolute Gasteiger partial charge is 0.250 e. The number of benzene rings is 1. The van der Waals surface area contributed by atoms with E-state index in [9.17, 15) is 13.2 Å². The van der Waals surface area contributed by atoms with Crippen LogP contribution in [0.5, 0.6) is 5.75 Å². The summed E-state index contributed by atoms with van der Waals surface area (Å²) in [5.74, 6) is 0.642. The summed E-state index contributed by atoms with van der Waals surface area (Å²) in [6.07, 6.45) is 0. The summed E-state index contributed by atoms with van der Waals surface area (Å²) in [7, 11) is -1.43. The molecule has 136 valence electrons. The molecule has 1 aromatic rings. The first-order valence-electron chi connectivity index (χ1n) is 8.18. The largest absolute Gasteiger partial charge is 0.497 e. The Labute approximate surface area is 152 Å². The highest BCUT2D eigenvalue weighted by molar-refractivity contribution is 8.15. The van der Waals surface area contributed by atoms with Gasteiger partial charge in [-0.15, -0.1) is 0 Å². The van der Waals surface area contributed by atoms with Crippen LogP contribution < -0.4 is 4.74 Å². The Balaban J connectivity index is 1.90. The second kappa shape index (κ2) is 6.99. The molecule has 1 aromatic carbocycles. The predicted molar refractivity (Wildman–Crippen MR) is 99.6 cm³/mol. The average Bonchev–Trinajstić information content (AvgIpc) is 3.00. The Kier molecular flexibility index (Phi) is 5.11. The van der Waals surface area contributed by atoms with E-state index in [-0.39, 0.29) is 34.6 Å². The van der Waals surface area contributed by atoms with E-state index in [0.717, 1.165) is 11.3 Å². The summed E-state index contributed by atoms with van der Waals surface area (Å²) in [5, 5.41) is 0.570. The molecule has 0 N–H and O–H groups in total. The van der Waals surface area contributed by atoms with Crippen molar-refractivity contribution in [3.05, 3.63) is 29.8 Å². The Bertz CT molecular complexity index is 805. The number of ether oxygens (including phenoxy) is 1. The molecule has 1 amide bonds. The lowest BCUT2D eigenvalue weighted by molar-refractivity contribution is -0.120. The molecule has 2 aliphatic heterocycles. The number of hydrogen-bond donors (Lipinski definition) is 0. The van der Waals surface area contributed by atoms with Gasteiger partial charge in [-0.05, 0) is 17.7 Å². The number of rotatable bonds is 4. The maximum Gasteiger partial charge on any atom is 0.250 e. The van der Waals surface area contributed by atoms with Crippen molar-refractivity contribution in [2.45, 2.75) is 31.7 Å². The lowest BCUT2D eigenvalue weighted by atomic mass is 10.1. The third-order valence-electron chi connectivity index (χ3n) is 4.36. The fourth-order valence-electron chi connectivity index (χ4n) is 3.01. The zero-order chi connectivity index (χ0) is 18.2. The van der Waals surface area contributed by atoms with Gasteiger partial charge in [0.1, 0.15) is 5.75 Å². The monoisotopic (exact) mass is 382 g/mol. The molecular formula is C17H22N2O4S2. The standard InChI is InChI=1S/C17H22N2O4S2/c1-11(2)16(20)18-17-19(8-12-5-4-6-13(7-12)23-3)14-9-25(21,22)10-15(14)24-17/h4-7,11,14-15H,8-10H2,1-3H3. The van der Waals surface area contributed by atoms with Crippen LogP contribution in [0.4, 0.5) is 0 Å². The van der Waals surface area contributed by atoms with Gasteiger partial charge in [0.2, 0.25) is 0 Å². The van der Waals surface area contributed by atoms with Crippen molar-refractivity contribution in [3.63, 3.8) is 0 Å². The number of carbonyl (C=O) groups excluding carboxylic acids is 1. The van der Waals surface area contributed by atoms with Crippen LogP contribution in [0.25, 0.3) is 0 Å². The molecule has 2 fully saturated rings. The molecule has 0 bridgehead atoms. The van der Waals surface area contributed by atoms with E-state index in [2.05, 4.69) is 4.99 Å². The molecule has 0 aliphatic carbocycles. The highest BCUT2D eigenvalue weighted by Crippen LogP contribution is 2.39. The summed E-state index contributed by atoms with van der Waals surface area (Å²) in [5.41, 5.74) is 0.995. The van der Waals surface area contributed by atoms with Gasteiger partial charge in [0.15, 0.2) is 15.0 Å². The van der Waals surface area contributed by atoms with Gasteiger partial charge in [-0.2, -0.15) is 4.99 Å². The molecule has 2 atom stereocenters. The van der Waals surface area contributed by atoms with Gasteiger partial charge < -0.3 is 9.64 Å². The maximum atomic E-state index is 12.1. The van der Waals surface area contributed by atoms with Gasteiger partial charge in [-0.1, -0.05) is 37.7 Å². The van der Waals surface area contributed by atoms with Crippen molar-refractivity contribution < 1.29 is 17.9 Å². The lowest BCUT2D eigenvalue weighted by Gasteiger charge is -2.24. The van der Waals surface area contributed by atoms with Crippen molar-refractivity contribution >= 4 is 32.7 Å². The van der Waals surface area contributed by atoms with Crippen LogP contribution in [0.1, 0.15) is 19.4 Å². The van der Waals surface area contributed by atoms with E-state index in [1.54, 1.807) is 7.11 Å². The van der Waals surface area contributed by atoms with E-state index in [1.807, 2.05) is 43.0 Å². The first kappa shape index (κ1) is 18.3. The molecule has 0 radical (unpaired) electrons. The average molecular weight is 383 g/mol. The number of thioether (sulfide) groups is 1. The number of methoxy groups -OCH3 is 1. The van der Waals surface area contributed by atoms with Gasteiger partial charge >= 0.3 is 0 Å². The van der Waals surface area contributed by atoms with Gasteiger partial charge in [-0.25, -0.2) is 8.42 Å². The van der Waals surface area contributed by atoms with Crippen molar-refractivity contribution in [2.75, 3.05) is 18.6 Å². The van der Waals surface area contributed by atoms with E-state index >= 15 is 0 Å². The molecule has 2 saturated heterocycles. The highest BCUT2D eigenvalue weighted by atomic mass is 32.2. The molecule has 8 heteroatoms.